The van der Waals surface area contributed by atoms with Gasteiger partial charge in [0.2, 0.25) is 0 Å². The van der Waals surface area contributed by atoms with E-state index in [9.17, 15) is 4.89 Å². The lowest BCUT2D eigenvalue weighted by atomic mass is 9.72. The highest BCUT2D eigenvalue weighted by Gasteiger charge is 2.35. The molecular formula is C38H55O3P. The zero-order valence-corrected chi connectivity index (χ0v) is 28.6. The van der Waals surface area contributed by atoms with Gasteiger partial charge in [0.15, 0.2) is 0 Å². The summed E-state index contributed by atoms with van der Waals surface area (Å²) in [5.74, 6) is 1.44. The van der Waals surface area contributed by atoms with E-state index in [0.717, 1.165) is 35.3 Å². The van der Waals surface area contributed by atoms with Gasteiger partial charge < -0.3 is 13.9 Å². The van der Waals surface area contributed by atoms with Crippen LogP contribution in [0.2, 0.25) is 0 Å². The third-order valence-electron chi connectivity index (χ3n) is 8.30. The first-order chi connectivity index (χ1) is 19.7. The zero-order valence-electron chi connectivity index (χ0n) is 27.7. The Morgan fingerprint density at radius 3 is 1.81 bits per heavy atom. The molecule has 0 bridgehead atoms. The molecule has 0 spiro atoms. The van der Waals surface area contributed by atoms with Crippen LogP contribution in [0.5, 0.6) is 11.5 Å². The number of unbranched alkanes of at least 4 members (excludes halogenated alkanes) is 6. The highest BCUT2D eigenvalue weighted by Crippen LogP contribution is 2.49. The smallest absolute Gasteiger partial charge is 0.418 e. The largest absolute Gasteiger partial charge is 0.460 e. The molecule has 3 rings (SSSR count). The van der Waals surface area contributed by atoms with Crippen molar-refractivity contribution in [2.24, 2.45) is 0 Å². The number of hydrogen-bond donors (Lipinski definition) is 1. The van der Waals surface area contributed by atoms with Crippen molar-refractivity contribution in [1.29, 1.82) is 0 Å². The monoisotopic (exact) mass is 590 g/mol. The van der Waals surface area contributed by atoms with Crippen LogP contribution >= 0.6 is 8.60 Å². The van der Waals surface area contributed by atoms with E-state index in [0.29, 0.717) is 5.75 Å². The molecule has 3 nitrogen and oxygen atoms in total. The SMILES string of the molecule is CCCCCCCCCc1ccccc1OP(O)Oc1c(C(C)(C)C)cc(C(C)(C)C)cc1C(C)(C)c1ccccc1. The van der Waals surface area contributed by atoms with Crippen molar-refractivity contribution in [3.63, 3.8) is 0 Å². The van der Waals surface area contributed by atoms with Gasteiger partial charge in [-0.05, 0) is 46.4 Å². The number of para-hydroxylation sites is 1. The van der Waals surface area contributed by atoms with Crippen LogP contribution in [0.4, 0.5) is 0 Å². The summed E-state index contributed by atoms with van der Waals surface area (Å²) in [6.07, 6.45) is 9.80. The van der Waals surface area contributed by atoms with Gasteiger partial charge in [0, 0.05) is 16.5 Å². The molecule has 1 atom stereocenters. The minimum atomic E-state index is -2.21. The Hall–Kier alpha value is -2.35. The molecule has 0 saturated heterocycles. The summed E-state index contributed by atoms with van der Waals surface area (Å²) in [5.41, 5.74) is 5.11. The fourth-order valence-electron chi connectivity index (χ4n) is 5.44. The van der Waals surface area contributed by atoms with Crippen LogP contribution in [0.15, 0.2) is 66.7 Å². The maximum absolute atomic E-state index is 11.4. The first kappa shape index (κ1) is 34.1. The van der Waals surface area contributed by atoms with E-state index in [1.54, 1.807) is 0 Å². The summed E-state index contributed by atoms with van der Waals surface area (Å²) >= 11 is 0. The number of benzene rings is 3. The summed E-state index contributed by atoms with van der Waals surface area (Å²) in [4.78, 5) is 11.4. The summed E-state index contributed by atoms with van der Waals surface area (Å²) < 4.78 is 12.7. The lowest BCUT2D eigenvalue weighted by Gasteiger charge is -2.35. The van der Waals surface area contributed by atoms with Gasteiger partial charge in [-0.15, -0.1) is 0 Å². The van der Waals surface area contributed by atoms with Gasteiger partial charge in [0.05, 0.1) is 0 Å². The molecular weight excluding hydrogens is 535 g/mol. The number of rotatable bonds is 14. The lowest BCUT2D eigenvalue weighted by molar-refractivity contribution is 0.369. The normalized spacial score (nSPS) is 13.2. The van der Waals surface area contributed by atoms with Gasteiger partial charge in [0.1, 0.15) is 11.5 Å². The average molecular weight is 591 g/mol. The van der Waals surface area contributed by atoms with Gasteiger partial charge in [-0.2, -0.15) is 0 Å². The van der Waals surface area contributed by atoms with Crippen molar-refractivity contribution in [2.45, 2.75) is 130 Å². The molecule has 4 heteroatoms. The van der Waals surface area contributed by atoms with Crippen molar-refractivity contribution in [3.05, 3.63) is 94.5 Å². The lowest BCUT2D eigenvalue weighted by Crippen LogP contribution is -2.25. The Labute approximate surface area is 258 Å². The van der Waals surface area contributed by atoms with Crippen LogP contribution in [0.3, 0.4) is 0 Å². The fourth-order valence-corrected chi connectivity index (χ4v) is 6.18. The van der Waals surface area contributed by atoms with Crippen LogP contribution in [0.25, 0.3) is 0 Å². The molecule has 0 aliphatic heterocycles. The van der Waals surface area contributed by atoms with Gasteiger partial charge >= 0.3 is 8.60 Å². The molecule has 0 saturated carbocycles. The van der Waals surface area contributed by atoms with Gasteiger partial charge in [0.25, 0.3) is 0 Å². The predicted molar refractivity (Wildman–Crippen MR) is 181 cm³/mol. The van der Waals surface area contributed by atoms with Crippen LogP contribution in [-0.2, 0) is 22.7 Å². The third kappa shape index (κ3) is 9.32. The Balaban J connectivity index is 1.93. The van der Waals surface area contributed by atoms with Crippen molar-refractivity contribution < 1.29 is 13.9 Å². The zero-order chi connectivity index (χ0) is 31.0. The van der Waals surface area contributed by atoms with Crippen molar-refractivity contribution >= 4 is 8.60 Å². The average Bonchev–Trinajstić information content (AvgIpc) is 2.92. The Bertz CT molecular complexity index is 1250. The highest BCUT2D eigenvalue weighted by molar-refractivity contribution is 7.41. The molecule has 0 aliphatic rings. The molecule has 0 fully saturated rings. The molecule has 1 unspecified atom stereocenters. The second-order valence-corrected chi connectivity index (χ2v) is 15.1. The molecule has 3 aromatic carbocycles. The molecule has 0 aliphatic carbocycles. The molecule has 0 aromatic heterocycles. The van der Waals surface area contributed by atoms with E-state index >= 15 is 0 Å². The Morgan fingerprint density at radius 1 is 0.619 bits per heavy atom. The number of aryl methyl sites for hydroxylation is 1. The summed E-state index contributed by atoms with van der Waals surface area (Å²) in [6.45, 7) is 20.1. The van der Waals surface area contributed by atoms with E-state index < -0.39 is 8.60 Å². The van der Waals surface area contributed by atoms with E-state index in [1.807, 2.05) is 24.3 Å². The summed E-state index contributed by atoms with van der Waals surface area (Å²) in [6, 6.07) is 23.2. The fraction of sp³-hybridized carbons (Fsp3) is 0.526. The molecule has 3 aromatic rings. The van der Waals surface area contributed by atoms with Crippen molar-refractivity contribution in [3.8, 4) is 11.5 Å². The number of hydrogen-bond acceptors (Lipinski definition) is 3. The molecule has 1 N–H and O–H groups in total. The topological polar surface area (TPSA) is 38.7 Å². The third-order valence-corrected chi connectivity index (χ3v) is 8.99. The maximum atomic E-state index is 11.4. The van der Waals surface area contributed by atoms with E-state index in [4.69, 9.17) is 9.05 Å². The predicted octanol–water partition coefficient (Wildman–Crippen LogP) is 11.6. The Morgan fingerprint density at radius 2 is 1.19 bits per heavy atom. The minimum absolute atomic E-state index is 0.0462. The first-order valence-electron chi connectivity index (χ1n) is 15.9. The maximum Gasteiger partial charge on any atom is 0.460 e. The van der Waals surface area contributed by atoms with Crippen molar-refractivity contribution in [2.75, 3.05) is 0 Å². The minimum Gasteiger partial charge on any atom is -0.418 e. The molecule has 42 heavy (non-hydrogen) atoms. The highest BCUT2D eigenvalue weighted by atomic mass is 31.2. The molecule has 0 radical (unpaired) electrons. The van der Waals surface area contributed by atoms with Crippen molar-refractivity contribution in [1.82, 2.24) is 0 Å². The van der Waals surface area contributed by atoms with Gasteiger partial charge in [-0.25, -0.2) is 0 Å². The van der Waals surface area contributed by atoms with Crippen LogP contribution < -0.4 is 9.05 Å². The molecule has 230 valence electrons. The second kappa shape index (κ2) is 14.9. The molecule has 0 heterocycles. The first-order valence-corrected chi connectivity index (χ1v) is 17.1. The van der Waals surface area contributed by atoms with Crippen LogP contribution in [0.1, 0.15) is 135 Å². The summed E-state index contributed by atoms with van der Waals surface area (Å²) in [5, 5.41) is 0. The van der Waals surface area contributed by atoms with E-state index in [2.05, 4.69) is 105 Å². The Kier molecular flexibility index (Phi) is 12.1. The standard InChI is InChI=1S/C38H55O3P/c1-10-11-12-13-14-15-17-22-29-23-20-21-26-34(29)40-42(39)41-35-32(37(5,6)7)27-31(36(2,3)4)28-33(35)38(8,9)30-24-18-16-19-25-30/h16,18-21,23-28,39H,10-15,17,22H2,1-9H3. The van der Waals surface area contributed by atoms with Crippen LogP contribution in [-0.4, -0.2) is 4.89 Å². The summed E-state index contributed by atoms with van der Waals surface area (Å²) in [7, 11) is -2.21. The quantitative estimate of drug-likeness (QED) is 0.150. The second-order valence-electron chi connectivity index (χ2n) is 14.3. The van der Waals surface area contributed by atoms with Crippen LogP contribution in [0, 0.1) is 0 Å². The van der Waals surface area contributed by atoms with E-state index in [1.165, 1.54) is 49.7 Å². The molecule has 0 amide bonds. The van der Waals surface area contributed by atoms with Gasteiger partial charge in [-0.1, -0.05) is 162 Å². The van der Waals surface area contributed by atoms with E-state index in [-0.39, 0.29) is 16.2 Å². The van der Waals surface area contributed by atoms with Gasteiger partial charge in [-0.3, -0.25) is 0 Å².